The van der Waals surface area contributed by atoms with Crippen LogP contribution in [0.5, 0.6) is 5.75 Å². The van der Waals surface area contributed by atoms with E-state index in [-0.39, 0.29) is 4.83 Å². The Morgan fingerprint density at radius 2 is 1.95 bits per heavy atom. The molecule has 2 aromatic rings. The Morgan fingerprint density at radius 3 is 2.79 bits per heavy atom. The first kappa shape index (κ1) is 13.3. The monoisotopic (exact) mass is 356 g/mol. The number of benzene rings is 2. The van der Waals surface area contributed by atoms with Gasteiger partial charge in [0.25, 0.3) is 0 Å². The van der Waals surface area contributed by atoms with E-state index in [1.54, 1.807) is 6.07 Å². The largest absolute Gasteiger partial charge is 0.493 e. The predicted molar refractivity (Wildman–Crippen MR) is 82.9 cm³/mol. The Kier molecular flexibility index (Phi) is 3.75. The fourth-order valence-corrected chi connectivity index (χ4v) is 3.46. The first-order chi connectivity index (χ1) is 9.15. The van der Waals surface area contributed by atoms with Gasteiger partial charge in [0.1, 0.15) is 5.75 Å². The van der Waals surface area contributed by atoms with E-state index >= 15 is 0 Å². The van der Waals surface area contributed by atoms with Crippen LogP contribution in [0.25, 0.3) is 0 Å². The lowest BCUT2D eigenvalue weighted by Gasteiger charge is -2.14. The third-order valence-corrected chi connectivity index (χ3v) is 4.84. The fraction of sp³-hybridized carbons (Fsp3) is 0.200. The first-order valence-corrected chi connectivity index (χ1v) is 7.67. The quantitative estimate of drug-likeness (QED) is 0.652. The molecule has 0 fully saturated rings. The Labute approximate surface area is 130 Å². The van der Waals surface area contributed by atoms with Crippen LogP contribution in [0.1, 0.15) is 21.5 Å². The minimum atomic E-state index is 0.0320. The second-order valence-electron chi connectivity index (χ2n) is 4.49. The van der Waals surface area contributed by atoms with Gasteiger partial charge in [-0.1, -0.05) is 51.3 Å². The smallest absolute Gasteiger partial charge is 0.122 e. The minimum absolute atomic E-state index is 0.0320. The number of alkyl halides is 1. The Bertz CT molecular complexity index is 628. The number of hydrogen-bond donors (Lipinski definition) is 0. The molecule has 98 valence electrons. The highest BCUT2D eigenvalue weighted by Crippen LogP contribution is 2.38. The van der Waals surface area contributed by atoms with Gasteiger partial charge in [0, 0.05) is 16.5 Å². The molecule has 0 bridgehead atoms. The topological polar surface area (TPSA) is 9.23 Å². The maximum absolute atomic E-state index is 6.24. The van der Waals surface area contributed by atoms with Gasteiger partial charge in [-0.05, 0) is 41.0 Å². The molecular weight excluding hydrogens is 347 g/mol. The Hall–Kier alpha value is -0.700. The minimum Gasteiger partial charge on any atom is -0.493 e. The van der Waals surface area contributed by atoms with Gasteiger partial charge in [0.15, 0.2) is 0 Å². The summed E-state index contributed by atoms with van der Waals surface area (Å²) in [5.74, 6) is 0.987. The van der Waals surface area contributed by atoms with Crippen LogP contribution in [0.15, 0.2) is 36.4 Å². The van der Waals surface area contributed by atoms with Crippen molar-refractivity contribution in [3.05, 3.63) is 63.1 Å². The second kappa shape index (κ2) is 5.35. The molecule has 1 nitrogen and oxygen atoms in total. The molecule has 1 aliphatic rings. The van der Waals surface area contributed by atoms with Crippen LogP contribution in [-0.4, -0.2) is 6.61 Å². The molecule has 3 rings (SSSR count). The van der Waals surface area contributed by atoms with Crippen LogP contribution in [-0.2, 0) is 6.42 Å². The van der Waals surface area contributed by atoms with E-state index in [0.29, 0.717) is 10.0 Å². The van der Waals surface area contributed by atoms with Gasteiger partial charge < -0.3 is 4.74 Å². The summed E-state index contributed by atoms with van der Waals surface area (Å²) in [6.45, 7) is 0.768. The van der Waals surface area contributed by atoms with Crippen LogP contribution >= 0.6 is 39.1 Å². The van der Waals surface area contributed by atoms with Crippen LogP contribution in [0.2, 0.25) is 10.0 Å². The summed E-state index contributed by atoms with van der Waals surface area (Å²) in [4.78, 5) is 0.0320. The molecule has 0 aromatic heterocycles. The SMILES string of the molecule is Clc1ccc(Cl)c(C(Br)c2ccc3c(c2)CCO3)c1. The summed E-state index contributed by atoms with van der Waals surface area (Å²) < 4.78 is 5.52. The van der Waals surface area contributed by atoms with Crippen LogP contribution < -0.4 is 4.74 Å². The van der Waals surface area contributed by atoms with Gasteiger partial charge in [-0.15, -0.1) is 0 Å². The summed E-state index contributed by atoms with van der Waals surface area (Å²) in [5, 5.41) is 1.40. The predicted octanol–water partition coefficient (Wildman–Crippen LogP) is 5.41. The third kappa shape index (κ3) is 2.62. The summed E-state index contributed by atoms with van der Waals surface area (Å²) in [5.41, 5.74) is 3.39. The highest BCUT2D eigenvalue weighted by atomic mass is 79.9. The van der Waals surface area contributed by atoms with Crippen LogP contribution in [0.4, 0.5) is 0 Å². The number of fused-ring (bicyclic) bond motifs is 1. The first-order valence-electron chi connectivity index (χ1n) is 6.00. The van der Waals surface area contributed by atoms with Crippen molar-refractivity contribution in [3.8, 4) is 5.75 Å². The summed E-state index contributed by atoms with van der Waals surface area (Å²) in [6.07, 6.45) is 0.964. The molecule has 0 aliphatic carbocycles. The molecule has 4 heteroatoms. The van der Waals surface area contributed by atoms with Crippen molar-refractivity contribution in [2.24, 2.45) is 0 Å². The molecule has 0 spiro atoms. The van der Waals surface area contributed by atoms with Crippen molar-refractivity contribution < 1.29 is 4.74 Å². The van der Waals surface area contributed by atoms with Crippen molar-refractivity contribution in [3.63, 3.8) is 0 Å². The van der Waals surface area contributed by atoms with E-state index in [4.69, 9.17) is 27.9 Å². The zero-order valence-electron chi connectivity index (χ0n) is 10.00. The molecule has 0 saturated heterocycles. The maximum Gasteiger partial charge on any atom is 0.122 e. The number of halogens is 3. The average molecular weight is 358 g/mol. The van der Waals surface area contributed by atoms with E-state index < -0.39 is 0 Å². The van der Waals surface area contributed by atoms with E-state index in [1.807, 2.05) is 18.2 Å². The van der Waals surface area contributed by atoms with Gasteiger partial charge >= 0.3 is 0 Å². The molecule has 0 saturated carbocycles. The molecule has 0 amide bonds. The zero-order valence-corrected chi connectivity index (χ0v) is 13.1. The van der Waals surface area contributed by atoms with Gasteiger partial charge in [0.05, 0.1) is 11.4 Å². The fourth-order valence-electron chi connectivity index (χ4n) is 2.25. The molecular formula is C15H11BrCl2O. The lowest BCUT2D eigenvalue weighted by atomic mass is 10.0. The second-order valence-corrected chi connectivity index (χ2v) is 6.25. The zero-order chi connectivity index (χ0) is 13.4. The van der Waals surface area contributed by atoms with Gasteiger partial charge in [-0.2, -0.15) is 0 Å². The highest BCUT2D eigenvalue weighted by Gasteiger charge is 2.18. The Morgan fingerprint density at radius 1 is 1.11 bits per heavy atom. The third-order valence-electron chi connectivity index (χ3n) is 3.24. The molecule has 2 aromatic carbocycles. The average Bonchev–Trinajstić information content (AvgIpc) is 2.88. The molecule has 1 heterocycles. The Balaban J connectivity index is 1.99. The summed E-state index contributed by atoms with van der Waals surface area (Å²) in [7, 11) is 0. The molecule has 0 radical (unpaired) electrons. The maximum atomic E-state index is 6.24. The molecule has 1 unspecified atom stereocenters. The molecule has 1 atom stereocenters. The van der Waals surface area contributed by atoms with Gasteiger partial charge in [-0.3, -0.25) is 0 Å². The van der Waals surface area contributed by atoms with Crippen LogP contribution in [0, 0.1) is 0 Å². The lowest BCUT2D eigenvalue weighted by molar-refractivity contribution is 0.357. The standard InChI is InChI=1S/C15H11BrCl2O/c16-15(12-8-11(17)2-3-13(12)18)10-1-4-14-9(7-10)5-6-19-14/h1-4,7-8,15H,5-6H2. The van der Waals surface area contributed by atoms with E-state index in [9.17, 15) is 0 Å². The highest BCUT2D eigenvalue weighted by molar-refractivity contribution is 9.09. The molecule has 1 aliphatic heterocycles. The van der Waals surface area contributed by atoms with Crippen molar-refractivity contribution in [2.45, 2.75) is 11.2 Å². The van der Waals surface area contributed by atoms with Crippen LogP contribution in [0.3, 0.4) is 0 Å². The summed E-state index contributed by atoms with van der Waals surface area (Å²) in [6, 6.07) is 11.8. The normalized spacial score (nSPS) is 14.9. The number of rotatable bonds is 2. The number of hydrogen-bond acceptors (Lipinski definition) is 1. The van der Waals surface area contributed by atoms with Gasteiger partial charge in [-0.25, -0.2) is 0 Å². The van der Waals surface area contributed by atoms with Crippen molar-refractivity contribution in [1.82, 2.24) is 0 Å². The number of ether oxygens (including phenoxy) is 1. The van der Waals surface area contributed by atoms with Crippen molar-refractivity contribution in [1.29, 1.82) is 0 Å². The van der Waals surface area contributed by atoms with E-state index in [1.165, 1.54) is 5.56 Å². The van der Waals surface area contributed by atoms with Crippen molar-refractivity contribution >= 4 is 39.1 Å². The molecule has 19 heavy (non-hydrogen) atoms. The van der Waals surface area contributed by atoms with Gasteiger partial charge in [0.2, 0.25) is 0 Å². The van der Waals surface area contributed by atoms with Crippen molar-refractivity contribution in [2.75, 3.05) is 6.61 Å². The molecule has 0 N–H and O–H groups in total. The van der Waals surface area contributed by atoms with E-state index in [0.717, 1.165) is 29.9 Å². The summed E-state index contributed by atoms with van der Waals surface area (Å²) >= 11 is 16.0. The lowest BCUT2D eigenvalue weighted by Crippen LogP contribution is -1.95. The van der Waals surface area contributed by atoms with E-state index in [2.05, 4.69) is 28.1 Å².